The molecular weight excluding hydrogens is 256 g/mol. The minimum Gasteiger partial charge on any atom is -0.424 e. The Bertz CT molecular complexity index is 433. The first-order chi connectivity index (χ1) is 9.76. The van der Waals surface area contributed by atoms with Crippen molar-refractivity contribution in [1.82, 2.24) is 20.0 Å². The average molecular weight is 280 g/mol. The van der Waals surface area contributed by atoms with E-state index in [-0.39, 0.29) is 0 Å². The molecule has 1 aliphatic carbocycles. The lowest BCUT2D eigenvalue weighted by atomic mass is 10.2. The highest BCUT2D eigenvalue weighted by Crippen LogP contribution is 2.39. The number of piperazine rings is 1. The molecule has 3 rings (SSSR count). The van der Waals surface area contributed by atoms with Gasteiger partial charge in [-0.1, -0.05) is 0 Å². The van der Waals surface area contributed by atoms with Gasteiger partial charge in [0.05, 0.1) is 13.2 Å². The molecule has 0 bridgehead atoms. The Morgan fingerprint density at radius 3 is 2.85 bits per heavy atom. The van der Waals surface area contributed by atoms with Crippen LogP contribution in [0.5, 0.6) is 0 Å². The molecule has 0 unspecified atom stereocenters. The van der Waals surface area contributed by atoms with Gasteiger partial charge in [0.2, 0.25) is 11.8 Å². The molecule has 1 atom stereocenters. The number of methoxy groups -OCH3 is 1. The van der Waals surface area contributed by atoms with Crippen molar-refractivity contribution in [3.8, 4) is 0 Å². The van der Waals surface area contributed by atoms with Gasteiger partial charge in [0.25, 0.3) is 0 Å². The maximum atomic E-state index is 5.74. The molecule has 0 aromatic carbocycles. The Labute approximate surface area is 120 Å². The van der Waals surface area contributed by atoms with Crippen LogP contribution in [0.15, 0.2) is 4.42 Å². The molecule has 2 aliphatic rings. The second kappa shape index (κ2) is 6.20. The molecule has 1 saturated heterocycles. The van der Waals surface area contributed by atoms with Crippen molar-refractivity contribution in [2.75, 3.05) is 39.9 Å². The molecule has 1 aliphatic heterocycles. The Morgan fingerprint density at radius 1 is 1.30 bits per heavy atom. The fourth-order valence-corrected chi connectivity index (χ4v) is 2.77. The van der Waals surface area contributed by atoms with Crippen LogP contribution < -0.4 is 0 Å². The Kier molecular flexibility index (Phi) is 4.33. The standard InChI is InChI=1S/C14H24N4O2/c1-11-9-17(5-6-18(11)7-8-19-2)10-13-15-16-14(20-13)12-3-4-12/h11-12H,3-10H2,1-2H3/t11-/m1/s1. The summed E-state index contributed by atoms with van der Waals surface area (Å²) in [5.41, 5.74) is 0. The summed E-state index contributed by atoms with van der Waals surface area (Å²) in [5, 5.41) is 8.32. The molecule has 1 aromatic rings. The maximum Gasteiger partial charge on any atom is 0.230 e. The predicted molar refractivity (Wildman–Crippen MR) is 74.5 cm³/mol. The highest BCUT2D eigenvalue weighted by Gasteiger charge is 2.30. The second-order valence-electron chi connectivity index (χ2n) is 5.92. The molecule has 1 saturated carbocycles. The van der Waals surface area contributed by atoms with E-state index in [4.69, 9.17) is 9.15 Å². The zero-order valence-electron chi connectivity index (χ0n) is 12.4. The van der Waals surface area contributed by atoms with Crippen LogP contribution in [0.3, 0.4) is 0 Å². The minimum absolute atomic E-state index is 0.543. The Morgan fingerprint density at radius 2 is 2.15 bits per heavy atom. The first-order valence-electron chi connectivity index (χ1n) is 7.54. The highest BCUT2D eigenvalue weighted by molar-refractivity contribution is 5.00. The average Bonchev–Trinajstić information content (AvgIpc) is 3.19. The van der Waals surface area contributed by atoms with Crippen LogP contribution >= 0.6 is 0 Å². The second-order valence-corrected chi connectivity index (χ2v) is 5.92. The van der Waals surface area contributed by atoms with Crippen LogP contribution in [0, 0.1) is 0 Å². The Balaban J connectivity index is 1.48. The number of nitrogens with zero attached hydrogens (tertiary/aromatic N) is 4. The van der Waals surface area contributed by atoms with Gasteiger partial charge in [0.1, 0.15) is 0 Å². The Hall–Kier alpha value is -0.980. The third-order valence-electron chi connectivity index (χ3n) is 4.20. The maximum absolute atomic E-state index is 5.74. The van der Waals surface area contributed by atoms with Gasteiger partial charge in [-0.15, -0.1) is 10.2 Å². The minimum atomic E-state index is 0.543. The zero-order valence-corrected chi connectivity index (χ0v) is 12.4. The number of hydrogen-bond donors (Lipinski definition) is 0. The first-order valence-corrected chi connectivity index (χ1v) is 7.54. The van der Waals surface area contributed by atoms with Gasteiger partial charge in [-0.2, -0.15) is 0 Å². The fourth-order valence-electron chi connectivity index (χ4n) is 2.77. The lowest BCUT2D eigenvalue weighted by molar-refractivity contribution is 0.0519. The summed E-state index contributed by atoms with van der Waals surface area (Å²) in [6.45, 7) is 8.04. The molecule has 0 spiro atoms. The molecule has 1 aromatic heterocycles. The lowest BCUT2D eigenvalue weighted by Gasteiger charge is -2.39. The van der Waals surface area contributed by atoms with Gasteiger partial charge in [-0.25, -0.2) is 0 Å². The van der Waals surface area contributed by atoms with Crippen molar-refractivity contribution in [3.63, 3.8) is 0 Å². The summed E-state index contributed by atoms with van der Waals surface area (Å²) in [5.74, 6) is 2.15. The van der Waals surface area contributed by atoms with Crippen molar-refractivity contribution in [3.05, 3.63) is 11.8 Å². The quantitative estimate of drug-likeness (QED) is 0.778. The van der Waals surface area contributed by atoms with E-state index in [1.54, 1.807) is 7.11 Å². The SMILES string of the molecule is COCCN1CCN(Cc2nnc(C3CC3)o2)C[C@H]1C. The number of aromatic nitrogens is 2. The van der Waals surface area contributed by atoms with E-state index in [2.05, 4.69) is 26.9 Å². The van der Waals surface area contributed by atoms with E-state index in [1.165, 1.54) is 12.8 Å². The third kappa shape index (κ3) is 3.37. The van der Waals surface area contributed by atoms with E-state index in [9.17, 15) is 0 Å². The van der Waals surface area contributed by atoms with Crippen molar-refractivity contribution >= 4 is 0 Å². The molecule has 0 radical (unpaired) electrons. The van der Waals surface area contributed by atoms with E-state index in [0.717, 1.165) is 51.1 Å². The predicted octanol–water partition coefficient (Wildman–Crippen LogP) is 1.10. The molecule has 6 nitrogen and oxygen atoms in total. The molecule has 112 valence electrons. The van der Waals surface area contributed by atoms with Crippen LogP contribution in [0.1, 0.15) is 37.5 Å². The van der Waals surface area contributed by atoms with Gasteiger partial charge >= 0.3 is 0 Å². The van der Waals surface area contributed by atoms with E-state index in [0.29, 0.717) is 12.0 Å². The van der Waals surface area contributed by atoms with Crippen molar-refractivity contribution in [2.24, 2.45) is 0 Å². The van der Waals surface area contributed by atoms with E-state index < -0.39 is 0 Å². The number of ether oxygens (including phenoxy) is 1. The van der Waals surface area contributed by atoms with Crippen LogP contribution in [-0.4, -0.2) is 65.9 Å². The van der Waals surface area contributed by atoms with Crippen LogP contribution in [0.2, 0.25) is 0 Å². The van der Waals surface area contributed by atoms with Crippen molar-refractivity contribution in [2.45, 2.75) is 38.3 Å². The summed E-state index contributed by atoms with van der Waals surface area (Å²) in [6, 6.07) is 0.546. The molecule has 6 heteroatoms. The summed E-state index contributed by atoms with van der Waals surface area (Å²) in [6.07, 6.45) is 2.41. The first kappa shape index (κ1) is 14.0. The highest BCUT2D eigenvalue weighted by atomic mass is 16.5. The molecule has 20 heavy (non-hydrogen) atoms. The van der Waals surface area contributed by atoms with E-state index in [1.807, 2.05) is 0 Å². The topological polar surface area (TPSA) is 54.6 Å². The van der Waals surface area contributed by atoms with Crippen LogP contribution in [0.25, 0.3) is 0 Å². The largest absolute Gasteiger partial charge is 0.424 e. The van der Waals surface area contributed by atoms with Crippen LogP contribution in [0.4, 0.5) is 0 Å². The molecule has 2 heterocycles. The van der Waals surface area contributed by atoms with Gasteiger partial charge in [-0.3, -0.25) is 9.80 Å². The van der Waals surface area contributed by atoms with Gasteiger partial charge in [0.15, 0.2) is 0 Å². The third-order valence-corrected chi connectivity index (χ3v) is 4.20. The molecule has 0 N–H and O–H groups in total. The van der Waals surface area contributed by atoms with Crippen molar-refractivity contribution in [1.29, 1.82) is 0 Å². The lowest BCUT2D eigenvalue weighted by Crippen LogP contribution is -2.52. The van der Waals surface area contributed by atoms with Crippen molar-refractivity contribution < 1.29 is 9.15 Å². The molecule has 0 amide bonds. The monoisotopic (exact) mass is 280 g/mol. The van der Waals surface area contributed by atoms with Gasteiger partial charge in [-0.05, 0) is 19.8 Å². The van der Waals surface area contributed by atoms with Gasteiger partial charge in [0, 0.05) is 45.2 Å². The number of hydrogen-bond acceptors (Lipinski definition) is 6. The molecule has 2 fully saturated rings. The van der Waals surface area contributed by atoms with E-state index >= 15 is 0 Å². The fraction of sp³-hybridized carbons (Fsp3) is 0.857. The summed E-state index contributed by atoms with van der Waals surface area (Å²) in [7, 11) is 1.76. The smallest absolute Gasteiger partial charge is 0.230 e. The summed E-state index contributed by atoms with van der Waals surface area (Å²) < 4.78 is 10.9. The van der Waals surface area contributed by atoms with Crippen LogP contribution in [-0.2, 0) is 11.3 Å². The number of rotatable bonds is 6. The summed E-state index contributed by atoms with van der Waals surface area (Å²) in [4.78, 5) is 4.88. The normalized spacial score (nSPS) is 25.2. The molecular formula is C14H24N4O2. The summed E-state index contributed by atoms with van der Waals surface area (Å²) >= 11 is 0. The van der Waals surface area contributed by atoms with Gasteiger partial charge < -0.3 is 9.15 Å². The zero-order chi connectivity index (χ0) is 13.9.